The second-order valence-corrected chi connectivity index (χ2v) is 9.03. The van der Waals surface area contributed by atoms with Crippen LogP contribution in [-0.4, -0.2) is 53.7 Å². The minimum atomic E-state index is -0.551. The van der Waals surface area contributed by atoms with Crippen molar-refractivity contribution in [3.05, 3.63) is 59.9 Å². The SMILES string of the molecule is COC(=O)c1ccc(CN(C(=O)C2CCN(C(=O)OC(C)(C)C)CC2)c2ccccc2)nc1. The number of ether oxygens (including phenoxy) is 2. The monoisotopic (exact) mass is 453 g/mol. The van der Waals surface area contributed by atoms with Crippen LogP contribution in [0.2, 0.25) is 0 Å². The third kappa shape index (κ3) is 6.54. The summed E-state index contributed by atoms with van der Waals surface area (Å²) in [6, 6.07) is 12.8. The number of pyridine rings is 1. The molecule has 1 aliphatic heterocycles. The zero-order chi connectivity index (χ0) is 24.0. The number of nitrogens with zero attached hydrogens (tertiary/aromatic N) is 3. The maximum Gasteiger partial charge on any atom is 0.410 e. The number of amides is 2. The van der Waals surface area contributed by atoms with Crippen LogP contribution in [-0.2, 0) is 20.8 Å². The average molecular weight is 454 g/mol. The highest BCUT2D eigenvalue weighted by Crippen LogP contribution is 2.26. The van der Waals surface area contributed by atoms with Gasteiger partial charge in [-0.2, -0.15) is 0 Å². The van der Waals surface area contributed by atoms with E-state index < -0.39 is 11.6 Å². The maximum atomic E-state index is 13.5. The van der Waals surface area contributed by atoms with Crippen LogP contribution in [0.3, 0.4) is 0 Å². The average Bonchev–Trinajstić information content (AvgIpc) is 2.81. The summed E-state index contributed by atoms with van der Waals surface area (Å²) < 4.78 is 10.2. The lowest BCUT2D eigenvalue weighted by Gasteiger charge is -2.35. The van der Waals surface area contributed by atoms with E-state index in [0.29, 0.717) is 37.2 Å². The van der Waals surface area contributed by atoms with E-state index in [1.54, 1.807) is 21.9 Å². The molecular weight excluding hydrogens is 422 g/mol. The van der Waals surface area contributed by atoms with Crippen molar-refractivity contribution in [3.63, 3.8) is 0 Å². The molecule has 1 aromatic carbocycles. The van der Waals surface area contributed by atoms with E-state index in [1.807, 2.05) is 51.1 Å². The number of piperidine rings is 1. The summed E-state index contributed by atoms with van der Waals surface area (Å²) in [6.07, 6.45) is 2.24. The number of methoxy groups -OCH3 is 1. The van der Waals surface area contributed by atoms with Gasteiger partial charge in [-0.1, -0.05) is 18.2 Å². The quantitative estimate of drug-likeness (QED) is 0.635. The second-order valence-electron chi connectivity index (χ2n) is 9.03. The van der Waals surface area contributed by atoms with Gasteiger partial charge >= 0.3 is 12.1 Å². The van der Waals surface area contributed by atoms with E-state index in [-0.39, 0.29) is 24.5 Å². The number of esters is 1. The topological polar surface area (TPSA) is 89.0 Å². The summed E-state index contributed by atoms with van der Waals surface area (Å²) in [5, 5.41) is 0. The van der Waals surface area contributed by atoms with Gasteiger partial charge in [-0.05, 0) is 57.9 Å². The van der Waals surface area contributed by atoms with Crippen LogP contribution in [0.1, 0.15) is 49.7 Å². The van der Waals surface area contributed by atoms with E-state index in [0.717, 1.165) is 5.69 Å². The summed E-state index contributed by atoms with van der Waals surface area (Å²) >= 11 is 0. The van der Waals surface area contributed by atoms with Gasteiger partial charge in [0.25, 0.3) is 0 Å². The number of carbonyl (C=O) groups excluding carboxylic acids is 3. The number of para-hydroxylation sites is 1. The van der Waals surface area contributed by atoms with Crippen molar-refractivity contribution < 1.29 is 23.9 Å². The number of hydrogen-bond donors (Lipinski definition) is 0. The molecule has 8 nitrogen and oxygen atoms in total. The first-order chi connectivity index (χ1) is 15.7. The lowest BCUT2D eigenvalue weighted by Crippen LogP contribution is -2.45. The summed E-state index contributed by atoms with van der Waals surface area (Å²) in [6.45, 7) is 6.73. The first-order valence-electron chi connectivity index (χ1n) is 11.1. The zero-order valence-electron chi connectivity index (χ0n) is 19.6. The Bertz CT molecular complexity index is 962. The summed E-state index contributed by atoms with van der Waals surface area (Å²) in [5.74, 6) is -0.677. The molecule has 0 radical (unpaired) electrons. The number of likely N-dealkylation sites (tertiary alicyclic amines) is 1. The van der Waals surface area contributed by atoms with Crippen LogP contribution >= 0.6 is 0 Å². The minimum Gasteiger partial charge on any atom is -0.465 e. The van der Waals surface area contributed by atoms with Crippen LogP contribution in [0.25, 0.3) is 0 Å². The number of anilines is 1. The van der Waals surface area contributed by atoms with Gasteiger partial charge in [-0.3, -0.25) is 9.78 Å². The molecule has 3 rings (SSSR count). The highest BCUT2D eigenvalue weighted by atomic mass is 16.6. The summed E-state index contributed by atoms with van der Waals surface area (Å²) in [5.41, 5.74) is 1.24. The Morgan fingerprint density at radius 2 is 1.73 bits per heavy atom. The van der Waals surface area contributed by atoms with Gasteiger partial charge in [0.2, 0.25) is 5.91 Å². The molecule has 0 spiro atoms. The highest BCUT2D eigenvalue weighted by molar-refractivity contribution is 5.95. The highest BCUT2D eigenvalue weighted by Gasteiger charge is 2.32. The molecule has 33 heavy (non-hydrogen) atoms. The third-order valence-electron chi connectivity index (χ3n) is 5.40. The lowest BCUT2D eigenvalue weighted by molar-refractivity contribution is -0.124. The van der Waals surface area contributed by atoms with Gasteiger partial charge in [-0.15, -0.1) is 0 Å². The molecule has 0 N–H and O–H groups in total. The Balaban J connectivity index is 1.71. The van der Waals surface area contributed by atoms with Gasteiger partial charge in [0, 0.05) is 30.9 Å². The molecule has 176 valence electrons. The number of rotatable bonds is 5. The molecule has 1 saturated heterocycles. The molecule has 2 amide bonds. The van der Waals surface area contributed by atoms with Crippen molar-refractivity contribution in [2.75, 3.05) is 25.1 Å². The van der Waals surface area contributed by atoms with Crippen LogP contribution in [0.5, 0.6) is 0 Å². The van der Waals surface area contributed by atoms with Gasteiger partial charge in [0.05, 0.1) is 24.9 Å². The Morgan fingerprint density at radius 1 is 1.06 bits per heavy atom. The Kier molecular flexibility index (Phi) is 7.68. The van der Waals surface area contributed by atoms with E-state index in [4.69, 9.17) is 9.47 Å². The first-order valence-corrected chi connectivity index (χ1v) is 11.1. The molecular formula is C25H31N3O5. The fourth-order valence-corrected chi connectivity index (χ4v) is 3.68. The van der Waals surface area contributed by atoms with E-state index in [1.165, 1.54) is 13.3 Å². The van der Waals surface area contributed by atoms with Crippen molar-refractivity contribution >= 4 is 23.7 Å². The number of aromatic nitrogens is 1. The van der Waals surface area contributed by atoms with Crippen LogP contribution in [0, 0.1) is 5.92 Å². The minimum absolute atomic E-state index is 0.0103. The van der Waals surface area contributed by atoms with Crippen LogP contribution in [0.4, 0.5) is 10.5 Å². The predicted octanol–water partition coefficient (Wildman–Crippen LogP) is 4.05. The fourth-order valence-electron chi connectivity index (χ4n) is 3.68. The molecule has 0 aliphatic carbocycles. The number of carbonyl (C=O) groups is 3. The van der Waals surface area contributed by atoms with Crippen molar-refractivity contribution in [1.82, 2.24) is 9.88 Å². The van der Waals surface area contributed by atoms with Crippen molar-refractivity contribution in [3.8, 4) is 0 Å². The van der Waals surface area contributed by atoms with E-state index >= 15 is 0 Å². The zero-order valence-corrected chi connectivity index (χ0v) is 19.6. The predicted molar refractivity (Wildman–Crippen MR) is 124 cm³/mol. The normalized spacial score (nSPS) is 14.5. The lowest BCUT2D eigenvalue weighted by atomic mass is 9.95. The fraction of sp³-hybridized carbons (Fsp3) is 0.440. The molecule has 0 unspecified atom stereocenters. The molecule has 1 fully saturated rings. The van der Waals surface area contributed by atoms with Crippen LogP contribution in [0.15, 0.2) is 48.7 Å². The van der Waals surface area contributed by atoms with Gasteiger partial charge in [0.1, 0.15) is 5.60 Å². The largest absolute Gasteiger partial charge is 0.465 e. The molecule has 8 heteroatoms. The summed E-state index contributed by atoms with van der Waals surface area (Å²) in [4.78, 5) is 45.3. The van der Waals surface area contributed by atoms with Gasteiger partial charge in [-0.25, -0.2) is 9.59 Å². The van der Waals surface area contributed by atoms with E-state index in [2.05, 4.69) is 4.98 Å². The molecule has 2 aromatic rings. The van der Waals surface area contributed by atoms with Gasteiger partial charge < -0.3 is 19.3 Å². The van der Waals surface area contributed by atoms with Crippen molar-refractivity contribution in [1.29, 1.82) is 0 Å². The van der Waals surface area contributed by atoms with Crippen LogP contribution < -0.4 is 4.90 Å². The standard InChI is InChI=1S/C25H31N3O5/c1-25(2,3)33-24(31)27-14-12-18(13-15-27)22(29)28(21-8-6-5-7-9-21)17-20-11-10-19(16-26-20)23(30)32-4/h5-11,16,18H,12-15,17H2,1-4H3. The molecule has 0 atom stereocenters. The Morgan fingerprint density at radius 3 is 2.27 bits per heavy atom. The third-order valence-corrected chi connectivity index (χ3v) is 5.40. The maximum absolute atomic E-state index is 13.5. The molecule has 1 aromatic heterocycles. The Hall–Kier alpha value is -3.42. The molecule has 1 aliphatic rings. The molecule has 0 bridgehead atoms. The molecule has 0 saturated carbocycles. The van der Waals surface area contributed by atoms with Crippen molar-refractivity contribution in [2.45, 2.75) is 45.8 Å². The van der Waals surface area contributed by atoms with E-state index in [9.17, 15) is 14.4 Å². The van der Waals surface area contributed by atoms with Gasteiger partial charge in [0.15, 0.2) is 0 Å². The first kappa shape index (κ1) is 24.2. The van der Waals surface area contributed by atoms with Crippen molar-refractivity contribution in [2.24, 2.45) is 5.92 Å². The molecule has 2 heterocycles. The summed E-state index contributed by atoms with van der Waals surface area (Å²) in [7, 11) is 1.32. The number of hydrogen-bond acceptors (Lipinski definition) is 6. The second kappa shape index (κ2) is 10.5. The smallest absolute Gasteiger partial charge is 0.410 e. The number of benzene rings is 1. The Labute approximate surface area is 194 Å².